The average Bonchev–Trinajstić information content (AvgIpc) is 2.82. The van der Waals surface area contributed by atoms with E-state index in [4.69, 9.17) is 0 Å². The summed E-state index contributed by atoms with van der Waals surface area (Å²) < 4.78 is 1.81. The topological polar surface area (TPSA) is 72.7 Å². The monoisotopic (exact) mass is 271 g/mol. The summed E-state index contributed by atoms with van der Waals surface area (Å²) in [6.45, 7) is 5.51. The molecule has 0 spiro atoms. The van der Waals surface area contributed by atoms with Gasteiger partial charge >= 0.3 is 0 Å². The van der Waals surface area contributed by atoms with Gasteiger partial charge in [-0.3, -0.25) is 4.79 Å². The maximum Gasteiger partial charge on any atom is 0.221 e. The summed E-state index contributed by atoms with van der Waals surface area (Å²) in [6.07, 6.45) is 4.53. The normalized spacial score (nSPS) is 12.4. The van der Waals surface area contributed by atoms with Crippen molar-refractivity contribution >= 4 is 17.7 Å². The van der Waals surface area contributed by atoms with Crippen LogP contribution < -0.4 is 5.32 Å². The molecule has 1 heterocycles. The molecule has 1 aromatic heterocycles. The predicted molar refractivity (Wildman–Crippen MR) is 72.3 cm³/mol. The molecule has 7 heteroatoms. The maximum atomic E-state index is 11.6. The molecule has 0 aliphatic heterocycles. The van der Waals surface area contributed by atoms with E-state index in [-0.39, 0.29) is 11.2 Å². The van der Waals surface area contributed by atoms with Crippen molar-refractivity contribution in [3.8, 4) is 0 Å². The lowest BCUT2D eigenvalue weighted by Gasteiger charge is -2.13. The Morgan fingerprint density at radius 3 is 2.89 bits per heavy atom. The minimum absolute atomic E-state index is 0.0170. The van der Waals surface area contributed by atoms with Crippen LogP contribution in [0.15, 0.2) is 0 Å². The molecular weight excluding hydrogens is 250 g/mol. The smallest absolute Gasteiger partial charge is 0.221 e. The summed E-state index contributed by atoms with van der Waals surface area (Å²) >= 11 is 1.61. The molecule has 1 atom stereocenters. The van der Waals surface area contributed by atoms with Gasteiger partial charge in [-0.1, -0.05) is 13.3 Å². The zero-order valence-corrected chi connectivity index (χ0v) is 12.0. The molecule has 1 unspecified atom stereocenters. The minimum atomic E-state index is 0.0170. The van der Waals surface area contributed by atoms with Crippen LogP contribution in [0.5, 0.6) is 0 Å². The summed E-state index contributed by atoms with van der Waals surface area (Å²) in [4.78, 5) is 11.6. The predicted octanol–water partition coefficient (Wildman–Crippen LogP) is 1.40. The molecule has 1 amide bonds. The van der Waals surface area contributed by atoms with Crippen LogP contribution in [0.25, 0.3) is 0 Å². The van der Waals surface area contributed by atoms with Crippen LogP contribution in [0.3, 0.4) is 0 Å². The molecule has 0 bridgehead atoms. The second kappa shape index (κ2) is 8.07. The van der Waals surface area contributed by atoms with E-state index in [0.29, 0.717) is 13.0 Å². The van der Waals surface area contributed by atoms with Crippen molar-refractivity contribution in [2.45, 2.75) is 44.9 Å². The number of carbonyl (C=O) groups is 1. The van der Waals surface area contributed by atoms with Crippen LogP contribution in [-0.4, -0.2) is 38.9 Å². The number of nitrogens with one attached hydrogen (secondary N) is 1. The number of thioether (sulfide) groups is 1. The Balaban J connectivity index is 2.69. The third kappa shape index (κ3) is 4.29. The fraction of sp³-hybridized carbons (Fsp3) is 0.818. The molecule has 0 aliphatic carbocycles. The molecule has 0 aromatic carbocycles. The molecular formula is C11H21N5OS. The van der Waals surface area contributed by atoms with Gasteiger partial charge in [0.25, 0.3) is 0 Å². The van der Waals surface area contributed by atoms with E-state index in [0.717, 1.165) is 25.2 Å². The lowest BCUT2D eigenvalue weighted by molar-refractivity contribution is -0.121. The van der Waals surface area contributed by atoms with E-state index in [1.807, 2.05) is 17.9 Å². The summed E-state index contributed by atoms with van der Waals surface area (Å²) in [5.74, 6) is 0.837. The molecule has 0 saturated carbocycles. The first-order valence-corrected chi connectivity index (χ1v) is 7.57. The van der Waals surface area contributed by atoms with E-state index in [1.165, 1.54) is 0 Å². The molecule has 0 fully saturated rings. The van der Waals surface area contributed by atoms with E-state index in [1.54, 1.807) is 11.8 Å². The van der Waals surface area contributed by atoms with Crippen molar-refractivity contribution in [2.24, 2.45) is 0 Å². The zero-order valence-electron chi connectivity index (χ0n) is 11.2. The fourth-order valence-electron chi connectivity index (χ4n) is 1.63. The Labute approximate surface area is 112 Å². The van der Waals surface area contributed by atoms with Crippen molar-refractivity contribution in [2.75, 3.05) is 12.8 Å². The molecule has 1 N–H and O–H groups in total. The molecule has 0 saturated heterocycles. The molecule has 1 rings (SSSR count). The van der Waals surface area contributed by atoms with Crippen molar-refractivity contribution in [1.82, 2.24) is 25.5 Å². The van der Waals surface area contributed by atoms with Crippen molar-refractivity contribution < 1.29 is 4.79 Å². The largest absolute Gasteiger partial charge is 0.356 e. The number of hydrogen-bond donors (Lipinski definition) is 1. The first-order chi connectivity index (χ1) is 8.72. The van der Waals surface area contributed by atoms with Gasteiger partial charge in [0.1, 0.15) is 0 Å². The highest BCUT2D eigenvalue weighted by Gasteiger charge is 2.20. The number of unbranched alkanes of at least 4 members (excludes halogenated alkanes) is 1. The van der Waals surface area contributed by atoms with Crippen LogP contribution >= 0.6 is 11.8 Å². The lowest BCUT2D eigenvalue weighted by Crippen LogP contribution is -2.24. The Kier molecular flexibility index (Phi) is 6.70. The van der Waals surface area contributed by atoms with Gasteiger partial charge in [0, 0.05) is 19.5 Å². The molecule has 0 radical (unpaired) electrons. The number of aromatic nitrogens is 4. The third-order valence-electron chi connectivity index (χ3n) is 2.60. The van der Waals surface area contributed by atoms with Crippen LogP contribution in [-0.2, 0) is 11.3 Å². The number of amides is 1. The van der Waals surface area contributed by atoms with Crippen molar-refractivity contribution in [3.05, 3.63) is 5.82 Å². The van der Waals surface area contributed by atoms with Crippen LogP contribution in [0.2, 0.25) is 0 Å². The number of hydrogen-bond acceptors (Lipinski definition) is 5. The number of rotatable bonds is 8. The Morgan fingerprint density at radius 2 is 2.28 bits per heavy atom. The van der Waals surface area contributed by atoms with Crippen LogP contribution in [0, 0.1) is 0 Å². The van der Waals surface area contributed by atoms with Crippen molar-refractivity contribution in [3.63, 3.8) is 0 Å². The van der Waals surface area contributed by atoms with E-state index < -0.39 is 0 Å². The second-order valence-corrected chi connectivity index (χ2v) is 5.04. The van der Waals surface area contributed by atoms with E-state index in [9.17, 15) is 4.79 Å². The van der Waals surface area contributed by atoms with Gasteiger partial charge in [-0.2, -0.15) is 11.8 Å². The Hall–Kier alpha value is -1.11. The number of tetrazole rings is 1. The van der Waals surface area contributed by atoms with Gasteiger partial charge in [-0.05, 0) is 30.0 Å². The SMILES string of the molecule is CCCCn1nnnc1C(CC(=O)NCC)SC. The summed E-state index contributed by atoms with van der Waals surface area (Å²) in [7, 11) is 0. The minimum Gasteiger partial charge on any atom is -0.356 e. The molecule has 18 heavy (non-hydrogen) atoms. The standard InChI is InChI=1S/C11H21N5OS/c1-4-6-7-16-11(13-14-15-16)9(18-3)8-10(17)12-5-2/h9H,4-8H2,1-3H3,(H,12,17). The molecule has 102 valence electrons. The highest BCUT2D eigenvalue weighted by Crippen LogP contribution is 2.27. The first kappa shape index (κ1) is 14.9. The number of carbonyl (C=O) groups excluding carboxylic acids is 1. The van der Waals surface area contributed by atoms with Gasteiger partial charge < -0.3 is 5.32 Å². The van der Waals surface area contributed by atoms with Gasteiger partial charge in [0.05, 0.1) is 5.25 Å². The van der Waals surface area contributed by atoms with Crippen LogP contribution in [0.1, 0.15) is 44.2 Å². The van der Waals surface area contributed by atoms with Crippen LogP contribution in [0.4, 0.5) is 0 Å². The van der Waals surface area contributed by atoms with Gasteiger partial charge in [0.15, 0.2) is 5.82 Å². The third-order valence-corrected chi connectivity index (χ3v) is 3.55. The highest BCUT2D eigenvalue weighted by molar-refractivity contribution is 7.98. The fourth-order valence-corrected chi connectivity index (χ4v) is 2.32. The molecule has 0 aliphatic rings. The Bertz CT molecular complexity index is 368. The highest BCUT2D eigenvalue weighted by atomic mass is 32.2. The average molecular weight is 271 g/mol. The summed E-state index contributed by atoms with van der Waals surface area (Å²) in [5, 5.41) is 14.6. The second-order valence-electron chi connectivity index (χ2n) is 4.00. The van der Waals surface area contributed by atoms with E-state index in [2.05, 4.69) is 27.8 Å². The van der Waals surface area contributed by atoms with Gasteiger partial charge in [-0.15, -0.1) is 5.10 Å². The summed E-state index contributed by atoms with van der Waals surface area (Å²) in [6, 6.07) is 0. The van der Waals surface area contributed by atoms with Crippen molar-refractivity contribution in [1.29, 1.82) is 0 Å². The quantitative estimate of drug-likeness (QED) is 0.774. The number of aryl methyl sites for hydroxylation is 1. The van der Waals surface area contributed by atoms with Gasteiger partial charge in [-0.25, -0.2) is 4.68 Å². The lowest BCUT2D eigenvalue weighted by atomic mass is 10.2. The Morgan fingerprint density at radius 1 is 1.50 bits per heavy atom. The maximum absolute atomic E-state index is 11.6. The molecule has 1 aromatic rings. The summed E-state index contributed by atoms with van der Waals surface area (Å²) in [5.41, 5.74) is 0. The molecule has 6 nitrogen and oxygen atoms in total. The number of nitrogens with zero attached hydrogens (tertiary/aromatic N) is 4. The van der Waals surface area contributed by atoms with E-state index >= 15 is 0 Å². The first-order valence-electron chi connectivity index (χ1n) is 6.28. The van der Waals surface area contributed by atoms with Gasteiger partial charge in [0.2, 0.25) is 5.91 Å². The zero-order chi connectivity index (χ0) is 13.4.